The maximum atomic E-state index is 12.4. The lowest BCUT2D eigenvalue weighted by Gasteiger charge is -2.35. The van der Waals surface area contributed by atoms with Gasteiger partial charge in [-0.1, -0.05) is 12.1 Å². The monoisotopic (exact) mass is 409 g/mol. The number of likely N-dealkylation sites (tertiary alicyclic amines) is 1. The van der Waals surface area contributed by atoms with Crippen LogP contribution in [0.5, 0.6) is 5.75 Å². The zero-order valence-electron chi connectivity index (χ0n) is 16.8. The molecule has 8 heteroatoms. The van der Waals surface area contributed by atoms with Crippen LogP contribution in [0.4, 0.5) is 17.1 Å². The summed E-state index contributed by atoms with van der Waals surface area (Å²) >= 11 is 0. The van der Waals surface area contributed by atoms with Gasteiger partial charge >= 0.3 is 5.63 Å². The van der Waals surface area contributed by atoms with Gasteiger partial charge in [0, 0.05) is 37.3 Å². The lowest BCUT2D eigenvalue weighted by atomic mass is 10.1. The molecule has 8 nitrogen and oxygen atoms in total. The van der Waals surface area contributed by atoms with E-state index in [-0.39, 0.29) is 18.6 Å². The molecule has 0 radical (unpaired) electrons. The van der Waals surface area contributed by atoms with E-state index in [0.717, 1.165) is 11.1 Å². The van der Waals surface area contributed by atoms with E-state index in [1.807, 2.05) is 41.1 Å². The fourth-order valence-electron chi connectivity index (χ4n) is 3.58. The lowest BCUT2D eigenvalue weighted by Crippen LogP contribution is -2.53. The number of para-hydroxylation sites is 1. The van der Waals surface area contributed by atoms with E-state index in [9.17, 15) is 14.7 Å². The van der Waals surface area contributed by atoms with E-state index in [1.165, 1.54) is 13.2 Å². The second kappa shape index (κ2) is 8.17. The van der Waals surface area contributed by atoms with Gasteiger partial charge in [0.2, 0.25) is 5.91 Å². The maximum Gasteiger partial charge on any atom is 0.338 e. The molecule has 4 rings (SSSR count). The molecule has 0 saturated carbocycles. The van der Waals surface area contributed by atoms with E-state index < -0.39 is 5.63 Å². The third-order valence-corrected chi connectivity index (χ3v) is 5.14. The highest BCUT2D eigenvalue weighted by atomic mass is 16.5. The lowest BCUT2D eigenvalue weighted by molar-refractivity contribution is -0.119. The maximum absolute atomic E-state index is 12.4. The molecule has 0 atom stereocenters. The van der Waals surface area contributed by atoms with Crippen LogP contribution in [0.25, 0.3) is 11.0 Å². The highest BCUT2D eigenvalue weighted by molar-refractivity contribution is 5.96. The Morgan fingerprint density at radius 3 is 2.77 bits per heavy atom. The van der Waals surface area contributed by atoms with Crippen molar-refractivity contribution in [2.45, 2.75) is 6.10 Å². The van der Waals surface area contributed by atoms with Gasteiger partial charge in [0.1, 0.15) is 11.3 Å². The summed E-state index contributed by atoms with van der Waals surface area (Å²) in [4.78, 5) is 28.1. The van der Waals surface area contributed by atoms with Crippen LogP contribution >= 0.6 is 0 Å². The number of rotatable bonds is 6. The summed E-state index contributed by atoms with van der Waals surface area (Å²) in [5.74, 6) is 0.340. The largest absolute Gasteiger partial charge is 0.495 e. The number of ether oxygens (including phenoxy) is 1. The van der Waals surface area contributed by atoms with Gasteiger partial charge in [0.15, 0.2) is 0 Å². The number of methoxy groups -OCH3 is 1. The Bertz CT molecular complexity index is 1140. The number of fused-ring (bicyclic) bond motifs is 1. The molecule has 0 aliphatic carbocycles. The number of carbonyl (C=O) groups is 1. The number of carbonyl (C=O) groups excluding carboxylic acids is 1. The molecule has 0 spiro atoms. The van der Waals surface area contributed by atoms with E-state index in [1.54, 1.807) is 18.2 Å². The van der Waals surface area contributed by atoms with E-state index in [0.29, 0.717) is 35.8 Å². The predicted octanol–water partition coefficient (Wildman–Crippen LogP) is 2.18. The first kappa shape index (κ1) is 19.9. The Balaban J connectivity index is 1.62. The molecule has 1 aromatic heterocycles. The van der Waals surface area contributed by atoms with Crippen molar-refractivity contribution < 1.29 is 19.1 Å². The fraction of sp³-hybridized carbons (Fsp3) is 0.273. The topological polar surface area (TPSA) is 95.2 Å². The SMILES string of the molecule is COc1ccc(N(C)c2cc(=O)oc3ccccc23)cc1NC(=O)CN1CC(O)C1. The van der Waals surface area contributed by atoms with Crippen LogP contribution in [0.15, 0.2) is 57.7 Å². The molecule has 1 saturated heterocycles. The van der Waals surface area contributed by atoms with Gasteiger partial charge in [-0.25, -0.2) is 4.79 Å². The average molecular weight is 409 g/mol. The number of β-amino-alcohol motifs (C(OH)–C–C–N with tert-alkyl or cyclic N) is 1. The van der Waals surface area contributed by atoms with Crippen molar-refractivity contribution in [3.8, 4) is 5.75 Å². The first-order chi connectivity index (χ1) is 14.4. The fourth-order valence-corrected chi connectivity index (χ4v) is 3.58. The summed E-state index contributed by atoms with van der Waals surface area (Å²) in [6.07, 6.45) is -0.359. The van der Waals surface area contributed by atoms with Crippen LogP contribution in [-0.2, 0) is 4.79 Å². The molecular weight excluding hydrogens is 386 g/mol. The Labute approximate surface area is 173 Å². The quantitative estimate of drug-likeness (QED) is 0.603. The summed E-state index contributed by atoms with van der Waals surface area (Å²) in [6, 6.07) is 14.2. The predicted molar refractivity (Wildman–Crippen MR) is 115 cm³/mol. The van der Waals surface area contributed by atoms with Crippen molar-refractivity contribution in [2.75, 3.05) is 44.0 Å². The normalized spacial score (nSPS) is 14.4. The van der Waals surface area contributed by atoms with Crippen molar-refractivity contribution >= 4 is 33.9 Å². The summed E-state index contributed by atoms with van der Waals surface area (Å²) in [5.41, 5.74) is 2.06. The summed E-state index contributed by atoms with van der Waals surface area (Å²) in [5, 5.41) is 13.1. The number of hydrogen-bond donors (Lipinski definition) is 2. The van der Waals surface area contributed by atoms with Gasteiger partial charge in [-0.3, -0.25) is 9.69 Å². The highest BCUT2D eigenvalue weighted by Crippen LogP contribution is 2.34. The molecular formula is C22H23N3O5. The van der Waals surface area contributed by atoms with Crippen LogP contribution in [0, 0.1) is 0 Å². The first-order valence-electron chi connectivity index (χ1n) is 9.59. The van der Waals surface area contributed by atoms with Crippen molar-refractivity contribution in [3.05, 3.63) is 59.0 Å². The molecule has 1 fully saturated rings. The van der Waals surface area contributed by atoms with Gasteiger partial charge in [-0.05, 0) is 30.3 Å². The molecule has 1 aliphatic rings. The van der Waals surface area contributed by atoms with Crippen molar-refractivity contribution in [2.24, 2.45) is 0 Å². The van der Waals surface area contributed by atoms with Crippen LogP contribution in [0.2, 0.25) is 0 Å². The molecule has 1 amide bonds. The number of aliphatic hydroxyl groups excluding tert-OH is 1. The number of anilines is 3. The minimum atomic E-state index is -0.436. The number of hydrogen-bond acceptors (Lipinski definition) is 7. The van der Waals surface area contributed by atoms with Gasteiger partial charge in [-0.15, -0.1) is 0 Å². The second-order valence-corrected chi connectivity index (χ2v) is 7.29. The van der Waals surface area contributed by atoms with Crippen molar-refractivity contribution in [3.63, 3.8) is 0 Å². The summed E-state index contributed by atoms with van der Waals surface area (Å²) in [7, 11) is 3.38. The number of nitrogens with zero attached hydrogens (tertiary/aromatic N) is 2. The molecule has 2 heterocycles. The van der Waals surface area contributed by atoms with Crippen LogP contribution in [-0.4, -0.2) is 55.8 Å². The van der Waals surface area contributed by atoms with Gasteiger partial charge in [-0.2, -0.15) is 0 Å². The number of nitrogens with one attached hydrogen (secondary N) is 1. The van der Waals surface area contributed by atoms with Crippen molar-refractivity contribution in [1.82, 2.24) is 4.90 Å². The Hall–Kier alpha value is -3.36. The molecule has 3 aromatic rings. The third kappa shape index (κ3) is 4.00. The standard InChI is InChI=1S/C22H23N3O5/c1-24(18-10-22(28)30-19-6-4-3-5-16(18)19)14-7-8-20(29-2)17(9-14)23-21(27)13-25-11-15(26)12-25/h3-10,15,26H,11-13H2,1-2H3,(H,23,27). The summed E-state index contributed by atoms with van der Waals surface area (Å²) < 4.78 is 10.7. The Kier molecular flexibility index (Phi) is 5.43. The van der Waals surface area contributed by atoms with Crippen LogP contribution in [0.3, 0.4) is 0 Å². The smallest absolute Gasteiger partial charge is 0.338 e. The van der Waals surface area contributed by atoms with E-state index >= 15 is 0 Å². The molecule has 30 heavy (non-hydrogen) atoms. The Morgan fingerprint density at radius 2 is 2.03 bits per heavy atom. The number of aliphatic hydroxyl groups is 1. The van der Waals surface area contributed by atoms with Gasteiger partial charge in [0.25, 0.3) is 0 Å². The second-order valence-electron chi connectivity index (χ2n) is 7.29. The zero-order chi connectivity index (χ0) is 21.3. The molecule has 156 valence electrons. The van der Waals surface area contributed by atoms with E-state index in [4.69, 9.17) is 9.15 Å². The van der Waals surface area contributed by atoms with Crippen LogP contribution < -0.4 is 20.6 Å². The summed E-state index contributed by atoms with van der Waals surface area (Å²) in [6.45, 7) is 1.19. The highest BCUT2D eigenvalue weighted by Gasteiger charge is 2.26. The molecule has 2 N–H and O–H groups in total. The van der Waals surface area contributed by atoms with E-state index in [2.05, 4.69) is 5.32 Å². The number of benzene rings is 2. The zero-order valence-corrected chi connectivity index (χ0v) is 16.8. The minimum absolute atomic E-state index is 0.189. The Morgan fingerprint density at radius 1 is 1.27 bits per heavy atom. The molecule has 2 aromatic carbocycles. The molecule has 1 aliphatic heterocycles. The van der Waals surface area contributed by atoms with Crippen LogP contribution in [0.1, 0.15) is 0 Å². The van der Waals surface area contributed by atoms with Gasteiger partial charge < -0.3 is 24.5 Å². The molecule has 0 unspecified atom stereocenters. The average Bonchev–Trinajstić information content (AvgIpc) is 2.71. The van der Waals surface area contributed by atoms with Crippen molar-refractivity contribution in [1.29, 1.82) is 0 Å². The minimum Gasteiger partial charge on any atom is -0.495 e. The molecule has 0 bridgehead atoms. The first-order valence-corrected chi connectivity index (χ1v) is 9.59. The van der Waals surface area contributed by atoms with Gasteiger partial charge in [0.05, 0.1) is 31.1 Å². The number of amides is 1. The third-order valence-electron chi connectivity index (χ3n) is 5.14.